The van der Waals surface area contributed by atoms with Crippen LogP contribution in [0.2, 0.25) is 5.15 Å². The number of aromatic nitrogens is 2. The van der Waals surface area contributed by atoms with Gasteiger partial charge in [0.2, 0.25) is 0 Å². The molecule has 2 aromatic heterocycles. The Kier molecular flexibility index (Phi) is 9.81. The van der Waals surface area contributed by atoms with Gasteiger partial charge in [-0.15, -0.1) is 35.3 Å². The van der Waals surface area contributed by atoms with Crippen LogP contribution in [-0.2, 0) is 18.3 Å². The monoisotopic (exact) mass is 507 g/mol. The van der Waals surface area contributed by atoms with E-state index in [4.69, 9.17) is 16.6 Å². The van der Waals surface area contributed by atoms with Crippen LogP contribution in [0.25, 0.3) is 0 Å². The maximum absolute atomic E-state index is 5.79. The second kappa shape index (κ2) is 11.0. The minimum absolute atomic E-state index is 0. The summed E-state index contributed by atoms with van der Waals surface area (Å²) in [5.41, 5.74) is 2.41. The van der Waals surface area contributed by atoms with Crippen molar-refractivity contribution < 1.29 is 0 Å². The molecule has 0 radical (unpaired) electrons. The van der Waals surface area contributed by atoms with Gasteiger partial charge in [0.15, 0.2) is 5.96 Å². The first-order chi connectivity index (χ1) is 11.9. The SMILES string of the molecule is CN=C(NCCc1ccc(Cl)nc1)NCCc1nc(C(C)(C)C)cs1.I. The van der Waals surface area contributed by atoms with Gasteiger partial charge < -0.3 is 10.6 Å². The summed E-state index contributed by atoms with van der Waals surface area (Å²) in [6, 6.07) is 3.80. The van der Waals surface area contributed by atoms with Crippen molar-refractivity contribution >= 4 is 52.9 Å². The van der Waals surface area contributed by atoms with Gasteiger partial charge in [-0.1, -0.05) is 38.4 Å². The third kappa shape index (κ3) is 7.75. The van der Waals surface area contributed by atoms with Gasteiger partial charge in [0.25, 0.3) is 0 Å². The van der Waals surface area contributed by atoms with Crippen LogP contribution < -0.4 is 10.6 Å². The predicted octanol–water partition coefficient (Wildman–Crippen LogP) is 4.06. The molecule has 0 fully saturated rings. The quantitative estimate of drug-likeness (QED) is 0.268. The minimum atomic E-state index is 0. The van der Waals surface area contributed by atoms with Gasteiger partial charge in [-0.25, -0.2) is 9.97 Å². The smallest absolute Gasteiger partial charge is 0.191 e. The van der Waals surface area contributed by atoms with Crippen LogP contribution >= 0.6 is 46.9 Å². The highest BCUT2D eigenvalue weighted by Gasteiger charge is 2.17. The van der Waals surface area contributed by atoms with E-state index >= 15 is 0 Å². The second-order valence-electron chi connectivity index (χ2n) is 6.79. The molecule has 0 amide bonds. The molecule has 0 saturated heterocycles. The normalized spacial score (nSPS) is 11.8. The number of nitrogens with one attached hydrogen (secondary N) is 2. The molecule has 0 atom stereocenters. The summed E-state index contributed by atoms with van der Waals surface area (Å²) in [6.07, 6.45) is 3.56. The van der Waals surface area contributed by atoms with Crippen LogP contribution in [0.15, 0.2) is 28.7 Å². The van der Waals surface area contributed by atoms with E-state index in [0.717, 1.165) is 48.2 Å². The molecule has 0 aliphatic heterocycles. The fraction of sp³-hybridized carbons (Fsp3) is 0.500. The first kappa shape index (κ1) is 23.1. The summed E-state index contributed by atoms with van der Waals surface area (Å²) in [6.45, 7) is 8.15. The van der Waals surface area contributed by atoms with E-state index in [9.17, 15) is 0 Å². The van der Waals surface area contributed by atoms with Crippen molar-refractivity contribution in [1.82, 2.24) is 20.6 Å². The van der Waals surface area contributed by atoms with Gasteiger partial charge in [0.05, 0.1) is 10.7 Å². The van der Waals surface area contributed by atoms with Crippen LogP contribution in [0.3, 0.4) is 0 Å². The molecule has 0 saturated carbocycles. The number of rotatable bonds is 6. The Morgan fingerprint density at radius 1 is 1.19 bits per heavy atom. The predicted molar refractivity (Wildman–Crippen MR) is 122 cm³/mol. The van der Waals surface area contributed by atoms with E-state index in [2.05, 4.69) is 46.8 Å². The molecule has 0 aromatic carbocycles. The van der Waals surface area contributed by atoms with Gasteiger partial charge in [-0.3, -0.25) is 4.99 Å². The Morgan fingerprint density at radius 3 is 2.42 bits per heavy atom. The topological polar surface area (TPSA) is 62.2 Å². The van der Waals surface area contributed by atoms with Gasteiger partial charge in [-0.2, -0.15) is 0 Å². The van der Waals surface area contributed by atoms with Crippen molar-refractivity contribution in [3.63, 3.8) is 0 Å². The van der Waals surface area contributed by atoms with Crippen LogP contribution in [0.1, 0.15) is 37.0 Å². The molecular formula is C18H27ClIN5S. The third-order valence-electron chi connectivity index (χ3n) is 3.67. The number of pyridine rings is 1. The Balaban J connectivity index is 0.00000338. The first-order valence-corrected chi connectivity index (χ1v) is 9.64. The summed E-state index contributed by atoms with van der Waals surface area (Å²) < 4.78 is 0. The Labute approximate surface area is 182 Å². The highest BCUT2D eigenvalue weighted by molar-refractivity contribution is 14.0. The van der Waals surface area contributed by atoms with E-state index in [1.165, 1.54) is 0 Å². The molecule has 26 heavy (non-hydrogen) atoms. The summed E-state index contributed by atoms with van der Waals surface area (Å²) in [5.74, 6) is 0.800. The maximum Gasteiger partial charge on any atom is 0.191 e. The van der Waals surface area contributed by atoms with Gasteiger partial charge in [-0.05, 0) is 18.1 Å². The summed E-state index contributed by atoms with van der Waals surface area (Å²) >= 11 is 7.52. The Bertz CT molecular complexity index is 694. The number of guanidine groups is 1. The van der Waals surface area contributed by atoms with E-state index in [1.54, 1.807) is 24.6 Å². The van der Waals surface area contributed by atoms with Gasteiger partial charge in [0.1, 0.15) is 5.15 Å². The number of hydrogen-bond donors (Lipinski definition) is 2. The molecule has 0 aliphatic carbocycles. The highest BCUT2D eigenvalue weighted by atomic mass is 127. The van der Waals surface area contributed by atoms with E-state index in [0.29, 0.717) is 5.15 Å². The molecule has 8 heteroatoms. The number of halogens is 2. The Hall–Kier alpha value is -0.930. The highest BCUT2D eigenvalue weighted by Crippen LogP contribution is 2.23. The Morgan fingerprint density at radius 2 is 1.88 bits per heavy atom. The molecule has 144 valence electrons. The van der Waals surface area contributed by atoms with Crippen molar-refractivity contribution in [3.8, 4) is 0 Å². The fourth-order valence-electron chi connectivity index (χ4n) is 2.16. The van der Waals surface area contributed by atoms with Crippen molar-refractivity contribution in [1.29, 1.82) is 0 Å². The largest absolute Gasteiger partial charge is 0.356 e. The van der Waals surface area contributed by atoms with Gasteiger partial charge >= 0.3 is 0 Å². The zero-order chi connectivity index (χ0) is 18.3. The average molecular weight is 508 g/mol. The molecule has 0 spiro atoms. The first-order valence-electron chi connectivity index (χ1n) is 8.38. The molecule has 5 nitrogen and oxygen atoms in total. The number of thiazole rings is 1. The van der Waals surface area contributed by atoms with E-state index in [1.807, 2.05) is 12.1 Å². The number of aliphatic imine (C=N–C) groups is 1. The van der Waals surface area contributed by atoms with Crippen molar-refractivity contribution in [2.24, 2.45) is 4.99 Å². The van der Waals surface area contributed by atoms with Gasteiger partial charge in [0, 0.05) is 43.5 Å². The molecule has 0 aliphatic rings. The summed E-state index contributed by atoms with van der Waals surface area (Å²) in [7, 11) is 1.78. The molecule has 0 bridgehead atoms. The van der Waals surface area contributed by atoms with Crippen LogP contribution in [0.5, 0.6) is 0 Å². The van der Waals surface area contributed by atoms with Crippen molar-refractivity contribution in [2.75, 3.05) is 20.1 Å². The minimum Gasteiger partial charge on any atom is -0.356 e. The lowest BCUT2D eigenvalue weighted by atomic mass is 9.93. The number of nitrogens with zero attached hydrogens (tertiary/aromatic N) is 3. The van der Waals surface area contributed by atoms with Crippen LogP contribution in [0.4, 0.5) is 0 Å². The van der Waals surface area contributed by atoms with E-state index < -0.39 is 0 Å². The lowest BCUT2D eigenvalue weighted by Gasteiger charge is -2.14. The fourth-order valence-corrected chi connectivity index (χ4v) is 3.29. The molecule has 2 N–H and O–H groups in total. The molecular weight excluding hydrogens is 481 g/mol. The zero-order valence-electron chi connectivity index (χ0n) is 15.7. The van der Waals surface area contributed by atoms with Crippen molar-refractivity contribution in [2.45, 2.75) is 39.0 Å². The van der Waals surface area contributed by atoms with Crippen molar-refractivity contribution in [3.05, 3.63) is 45.1 Å². The van der Waals surface area contributed by atoms with Crippen LogP contribution in [-0.4, -0.2) is 36.1 Å². The third-order valence-corrected chi connectivity index (χ3v) is 4.80. The molecule has 2 heterocycles. The zero-order valence-corrected chi connectivity index (χ0v) is 19.6. The van der Waals surface area contributed by atoms with Crippen LogP contribution in [0, 0.1) is 0 Å². The second-order valence-corrected chi connectivity index (χ2v) is 8.12. The number of hydrogen-bond acceptors (Lipinski definition) is 4. The maximum atomic E-state index is 5.79. The standard InChI is InChI=1S/C18H26ClN5S.HI/c1-18(2,3)14-12-25-16(24-14)8-10-22-17(20-4)21-9-7-13-5-6-15(19)23-11-13;/h5-6,11-12H,7-10H2,1-4H3,(H2,20,21,22);1H. The average Bonchev–Trinajstić information content (AvgIpc) is 3.04. The lowest BCUT2D eigenvalue weighted by Crippen LogP contribution is -2.39. The molecule has 2 rings (SSSR count). The summed E-state index contributed by atoms with van der Waals surface area (Å²) in [4.78, 5) is 13.0. The summed E-state index contributed by atoms with van der Waals surface area (Å²) in [5, 5.41) is 10.5. The molecule has 2 aromatic rings. The van der Waals surface area contributed by atoms with E-state index in [-0.39, 0.29) is 29.4 Å². The lowest BCUT2D eigenvalue weighted by molar-refractivity contribution is 0.570. The molecule has 0 unspecified atom stereocenters.